The number of hydrogen-bond acceptors (Lipinski definition) is 6. The second-order valence-corrected chi connectivity index (χ2v) is 5.72. The Hall–Kier alpha value is -1.34. The topological polar surface area (TPSA) is 67.3 Å². The van der Waals surface area contributed by atoms with Crippen LogP contribution in [-0.2, 0) is 4.74 Å². The molecule has 0 aromatic carbocycles. The molecule has 7 heteroatoms. The Labute approximate surface area is 122 Å². The highest BCUT2D eigenvalue weighted by Crippen LogP contribution is 2.32. The largest absolute Gasteiger partial charge is 0.380 e. The number of carbonyl (C=O) groups excluding carboxylic acids is 1. The zero-order valence-corrected chi connectivity index (χ0v) is 12.5. The molecule has 0 aliphatic carbocycles. The standard InChI is InChI=1S/C13H18N4O2S/c1-8-10-9(12(18)14-8)11(16-13(15-10)20-2)17-4-3-6-19-7-5-17/h8H,3-7H2,1-2H3,(H,14,18). The molecule has 3 heterocycles. The molecule has 0 spiro atoms. The van der Waals surface area contributed by atoms with E-state index in [1.807, 2.05) is 13.2 Å². The van der Waals surface area contributed by atoms with Gasteiger partial charge in [0.2, 0.25) is 0 Å². The van der Waals surface area contributed by atoms with Crippen molar-refractivity contribution in [3.05, 3.63) is 11.3 Å². The predicted molar refractivity (Wildman–Crippen MR) is 77.3 cm³/mol. The molecule has 1 amide bonds. The van der Waals surface area contributed by atoms with Gasteiger partial charge in [-0.15, -0.1) is 0 Å². The van der Waals surface area contributed by atoms with Crippen molar-refractivity contribution >= 4 is 23.5 Å². The van der Waals surface area contributed by atoms with Crippen LogP contribution in [-0.4, -0.2) is 48.4 Å². The molecule has 2 aliphatic rings. The Bertz CT molecular complexity index is 529. The van der Waals surface area contributed by atoms with Gasteiger partial charge in [0.25, 0.3) is 5.91 Å². The van der Waals surface area contributed by atoms with Crippen molar-refractivity contribution in [2.45, 2.75) is 24.5 Å². The lowest BCUT2D eigenvalue weighted by molar-refractivity contribution is 0.0958. The van der Waals surface area contributed by atoms with E-state index in [0.717, 1.165) is 37.6 Å². The van der Waals surface area contributed by atoms with Gasteiger partial charge in [0.15, 0.2) is 5.16 Å². The van der Waals surface area contributed by atoms with Gasteiger partial charge in [-0.2, -0.15) is 0 Å². The van der Waals surface area contributed by atoms with Crippen LogP contribution in [0.2, 0.25) is 0 Å². The van der Waals surface area contributed by atoms with E-state index < -0.39 is 0 Å². The minimum Gasteiger partial charge on any atom is -0.380 e. The van der Waals surface area contributed by atoms with Crippen LogP contribution in [0.4, 0.5) is 5.82 Å². The van der Waals surface area contributed by atoms with Crippen molar-refractivity contribution < 1.29 is 9.53 Å². The first kappa shape index (κ1) is 13.6. The second kappa shape index (κ2) is 5.57. The maximum Gasteiger partial charge on any atom is 0.257 e. The normalized spacial score (nSPS) is 22.4. The number of aromatic nitrogens is 2. The summed E-state index contributed by atoms with van der Waals surface area (Å²) in [6, 6.07) is -0.0478. The van der Waals surface area contributed by atoms with Crippen LogP contribution in [0.3, 0.4) is 0 Å². The van der Waals surface area contributed by atoms with E-state index >= 15 is 0 Å². The van der Waals surface area contributed by atoms with Crippen molar-refractivity contribution in [2.75, 3.05) is 37.5 Å². The van der Waals surface area contributed by atoms with E-state index in [9.17, 15) is 4.79 Å². The summed E-state index contributed by atoms with van der Waals surface area (Å²) in [6.45, 7) is 5.01. The molecule has 1 N–H and O–H groups in total. The van der Waals surface area contributed by atoms with Crippen LogP contribution < -0.4 is 10.2 Å². The van der Waals surface area contributed by atoms with Gasteiger partial charge in [-0.25, -0.2) is 9.97 Å². The van der Waals surface area contributed by atoms with Crippen molar-refractivity contribution in [3.8, 4) is 0 Å². The highest BCUT2D eigenvalue weighted by Gasteiger charge is 2.33. The third-order valence-corrected chi connectivity index (χ3v) is 4.13. The van der Waals surface area contributed by atoms with Crippen LogP contribution in [0.25, 0.3) is 0 Å². The van der Waals surface area contributed by atoms with Gasteiger partial charge in [0.1, 0.15) is 11.4 Å². The summed E-state index contributed by atoms with van der Waals surface area (Å²) in [5, 5.41) is 3.64. The molecule has 1 saturated heterocycles. The molecule has 1 aromatic heterocycles. The van der Waals surface area contributed by atoms with Gasteiger partial charge < -0.3 is 15.0 Å². The number of rotatable bonds is 2. The number of ether oxygens (including phenoxy) is 1. The highest BCUT2D eigenvalue weighted by atomic mass is 32.2. The van der Waals surface area contributed by atoms with E-state index in [-0.39, 0.29) is 11.9 Å². The first-order valence-corrected chi connectivity index (χ1v) is 8.02. The highest BCUT2D eigenvalue weighted by molar-refractivity contribution is 7.98. The molecule has 20 heavy (non-hydrogen) atoms. The van der Waals surface area contributed by atoms with Crippen LogP contribution in [0.15, 0.2) is 5.16 Å². The van der Waals surface area contributed by atoms with Crippen molar-refractivity contribution in [3.63, 3.8) is 0 Å². The summed E-state index contributed by atoms with van der Waals surface area (Å²) < 4.78 is 5.48. The van der Waals surface area contributed by atoms with Gasteiger partial charge in [-0.1, -0.05) is 11.8 Å². The van der Waals surface area contributed by atoms with Crippen molar-refractivity contribution in [2.24, 2.45) is 0 Å². The van der Waals surface area contributed by atoms with E-state index in [0.29, 0.717) is 17.3 Å². The first-order valence-electron chi connectivity index (χ1n) is 6.80. The van der Waals surface area contributed by atoms with Gasteiger partial charge in [-0.05, 0) is 19.6 Å². The van der Waals surface area contributed by atoms with Crippen molar-refractivity contribution in [1.82, 2.24) is 15.3 Å². The van der Waals surface area contributed by atoms with Crippen LogP contribution in [0.5, 0.6) is 0 Å². The summed E-state index contributed by atoms with van der Waals surface area (Å²) >= 11 is 1.50. The van der Waals surface area contributed by atoms with Gasteiger partial charge in [0, 0.05) is 19.7 Å². The molecule has 1 aromatic rings. The molecule has 1 unspecified atom stereocenters. The lowest BCUT2D eigenvalue weighted by atomic mass is 10.1. The maximum absolute atomic E-state index is 12.2. The average Bonchev–Trinajstić information content (AvgIpc) is 2.66. The fourth-order valence-electron chi connectivity index (χ4n) is 2.59. The predicted octanol–water partition coefficient (Wildman–Crippen LogP) is 1.23. The zero-order valence-electron chi connectivity index (χ0n) is 11.7. The van der Waals surface area contributed by atoms with Gasteiger partial charge >= 0.3 is 0 Å². The minimum absolute atomic E-state index is 0.0478. The summed E-state index contributed by atoms with van der Waals surface area (Å²) in [6.07, 6.45) is 2.90. The summed E-state index contributed by atoms with van der Waals surface area (Å²) in [5.41, 5.74) is 1.45. The summed E-state index contributed by atoms with van der Waals surface area (Å²) in [4.78, 5) is 23.4. The molecular formula is C13H18N4O2S. The molecule has 2 aliphatic heterocycles. The molecule has 0 saturated carbocycles. The Kier molecular flexibility index (Phi) is 3.80. The van der Waals surface area contributed by atoms with Gasteiger partial charge in [-0.3, -0.25) is 4.79 Å². The smallest absolute Gasteiger partial charge is 0.257 e. The molecule has 0 bridgehead atoms. The monoisotopic (exact) mass is 294 g/mol. The second-order valence-electron chi connectivity index (χ2n) is 4.94. The minimum atomic E-state index is -0.0691. The molecule has 1 atom stereocenters. The van der Waals surface area contributed by atoms with Gasteiger partial charge in [0.05, 0.1) is 18.3 Å². The quantitative estimate of drug-likeness (QED) is 0.653. The average molecular weight is 294 g/mol. The third-order valence-electron chi connectivity index (χ3n) is 3.59. The van der Waals surface area contributed by atoms with Crippen LogP contribution >= 0.6 is 11.8 Å². The van der Waals surface area contributed by atoms with E-state index in [1.54, 1.807) is 0 Å². The fourth-order valence-corrected chi connectivity index (χ4v) is 2.96. The molecule has 1 fully saturated rings. The number of hydrogen-bond donors (Lipinski definition) is 1. The number of carbonyl (C=O) groups is 1. The van der Waals surface area contributed by atoms with Crippen LogP contribution in [0.1, 0.15) is 35.4 Å². The molecular weight excluding hydrogens is 276 g/mol. The number of nitrogens with one attached hydrogen (secondary N) is 1. The molecule has 108 valence electrons. The Balaban J connectivity index is 2.06. The van der Waals surface area contributed by atoms with E-state index in [2.05, 4.69) is 20.2 Å². The summed E-state index contributed by atoms with van der Waals surface area (Å²) in [5.74, 6) is 0.687. The number of amides is 1. The maximum atomic E-state index is 12.2. The van der Waals surface area contributed by atoms with Crippen molar-refractivity contribution in [1.29, 1.82) is 0 Å². The Morgan fingerprint density at radius 1 is 1.35 bits per heavy atom. The Morgan fingerprint density at radius 3 is 3.00 bits per heavy atom. The number of fused-ring (bicyclic) bond motifs is 1. The van der Waals surface area contributed by atoms with E-state index in [1.165, 1.54) is 11.8 Å². The number of nitrogens with zero attached hydrogens (tertiary/aromatic N) is 3. The zero-order chi connectivity index (χ0) is 14.1. The Morgan fingerprint density at radius 2 is 2.20 bits per heavy atom. The summed E-state index contributed by atoms with van der Waals surface area (Å²) in [7, 11) is 0. The SMILES string of the molecule is CSc1nc2c(c(N3CCCOCC3)n1)C(=O)NC2C. The lowest BCUT2D eigenvalue weighted by Crippen LogP contribution is -2.29. The lowest BCUT2D eigenvalue weighted by Gasteiger charge is -2.22. The fraction of sp³-hybridized carbons (Fsp3) is 0.615. The van der Waals surface area contributed by atoms with Crippen LogP contribution in [0, 0.1) is 0 Å². The number of anilines is 1. The third kappa shape index (κ3) is 2.35. The first-order chi connectivity index (χ1) is 9.70. The number of thioether (sulfide) groups is 1. The van der Waals surface area contributed by atoms with E-state index in [4.69, 9.17) is 4.74 Å². The molecule has 3 rings (SSSR count). The molecule has 6 nitrogen and oxygen atoms in total. The molecule has 0 radical (unpaired) electrons.